The number of halogens is 1. The van der Waals surface area contributed by atoms with Crippen LogP contribution in [-0.2, 0) is 10.2 Å². The summed E-state index contributed by atoms with van der Waals surface area (Å²) in [5.41, 5.74) is 3.00. The Hall–Kier alpha value is -0.830. The molecule has 0 aliphatic rings. The molecule has 0 saturated carbocycles. The number of nitrogens with zero attached hydrogens (tertiary/aromatic N) is 1. The summed E-state index contributed by atoms with van der Waals surface area (Å²) in [7, 11) is 5.89. The van der Waals surface area contributed by atoms with E-state index in [0.29, 0.717) is 0 Å². The predicted octanol–water partition coefficient (Wildman–Crippen LogP) is 8.00. The van der Waals surface area contributed by atoms with Crippen molar-refractivity contribution in [3.63, 3.8) is 0 Å². The van der Waals surface area contributed by atoms with Gasteiger partial charge in [-0.3, -0.25) is 0 Å². The maximum atomic E-state index is 5.80. The molecule has 0 aliphatic carbocycles. The Morgan fingerprint density at radius 1 is 1.07 bits per heavy atom. The topological polar surface area (TPSA) is 12.5 Å². The van der Waals surface area contributed by atoms with Crippen LogP contribution in [0.25, 0.3) is 0 Å². The maximum Gasteiger partial charge on any atom is 0.0433 e. The quantitative estimate of drug-likeness (QED) is 0.438. The minimum atomic E-state index is 0.268. The molecule has 0 heterocycles. The Labute approximate surface area is 182 Å². The SMILES string of the molecule is CC=C(C)C.CCC(C)(C)c1ccc(Cl)cc1.CCCCN(C)C.CCOC. The smallest absolute Gasteiger partial charge is 0.0433 e. The van der Waals surface area contributed by atoms with Crippen molar-refractivity contribution in [3.05, 3.63) is 46.5 Å². The molecular formula is C25H48ClNO. The molecule has 0 aliphatic heterocycles. The molecule has 0 aromatic heterocycles. The number of ether oxygens (including phenoxy) is 1. The van der Waals surface area contributed by atoms with Gasteiger partial charge in [0, 0.05) is 18.7 Å². The van der Waals surface area contributed by atoms with Crippen LogP contribution in [0, 0.1) is 0 Å². The molecule has 0 radical (unpaired) electrons. The lowest BCUT2D eigenvalue weighted by Crippen LogP contribution is -2.14. The van der Waals surface area contributed by atoms with Gasteiger partial charge in [0.25, 0.3) is 0 Å². The van der Waals surface area contributed by atoms with E-state index in [1.54, 1.807) is 7.11 Å². The van der Waals surface area contributed by atoms with E-state index in [4.69, 9.17) is 11.6 Å². The summed E-state index contributed by atoms with van der Waals surface area (Å²) < 4.78 is 4.54. The van der Waals surface area contributed by atoms with Crippen molar-refractivity contribution in [2.45, 2.75) is 80.1 Å². The first-order valence-corrected chi connectivity index (χ1v) is 10.9. The number of unbranched alkanes of at least 4 members (excludes halogenated alkanes) is 1. The van der Waals surface area contributed by atoms with E-state index in [1.807, 2.05) is 26.0 Å². The first-order chi connectivity index (χ1) is 13.0. The Kier molecular flexibility index (Phi) is 23.8. The molecular weight excluding hydrogens is 366 g/mol. The fourth-order valence-electron chi connectivity index (χ4n) is 1.58. The zero-order valence-corrected chi connectivity index (χ0v) is 21.4. The fourth-order valence-corrected chi connectivity index (χ4v) is 1.71. The molecule has 28 heavy (non-hydrogen) atoms. The molecule has 0 fully saturated rings. The van der Waals surface area contributed by atoms with Gasteiger partial charge in [-0.05, 0) is 84.3 Å². The van der Waals surface area contributed by atoms with Crippen molar-refractivity contribution in [1.29, 1.82) is 0 Å². The van der Waals surface area contributed by atoms with Crippen LogP contribution in [0.5, 0.6) is 0 Å². The summed E-state index contributed by atoms with van der Waals surface area (Å²) >= 11 is 5.80. The van der Waals surface area contributed by atoms with Gasteiger partial charge in [-0.25, -0.2) is 0 Å². The Morgan fingerprint density at radius 2 is 1.50 bits per heavy atom. The standard InChI is InChI=1S/C11H15Cl.C6H15N.C5H10.C3H8O/c1-4-11(2,3)9-5-7-10(12)8-6-9;1-4-5-6-7(2)3;1-4-5(2)3;1-3-4-2/h5-8H,4H2,1-3H3;4-6H2,1-3H3;4H,1-3H3;3H2,1-2H3. The highest BCUT2D eigenvalue weighted by molar-refractivity contribution is 6.30. The molecule has 1 aromatic carbocycles. The number of hydrogen-bond donors (Lipinski definition) is 0. The largest absolute Gasteiger partial charge is 0.385 e. The second-order valence-electron chi connectivity index (χ2n) is 7.84. The van der Waals surface area contributed by atoms with Crippen LogP contribution in [0.15, 0.2) is 35.9 Å². The molecule has 0 atom stereocenters. The van der Waals surface area contributed by atoms with E-state index in [-0.39, 0.29) is 5.41 Å². The number of methoxy groups -OCH3 is 1. The van der Waals surface area contributed by atoms with Gasteiger partial charge in [0.05, 0.1) is 0 Å². The van der Waals surface area contributed by atoms with Gasteiger partial charge in [-0.15, -0.1) is 0 Å². The van der Waals surface area contributed by atoms with E-state index < -0.39 is 0 Å². The molecule has 0 saturated heterocycles. The Balaban J connectivity index is -0.000000334. The van der Waals surface area contributed by atoms with Gasteiger partial charge in [-0.1, -0.05) is 69.5 Å². The minimum Gasteiger partial charge on any atom is -0.385 e. The molecule has 0 amide bonds. The highest BCUT2D eigenvalue weighted by Crippen LogP contribution is 2.27. The van der Waals surface area contributed by atoms with E-state index in [2.05, 4.69) is 83.5 Å². The van der Waals surface area contributed by atoms with Gasteiger partial charge < -0.3 is 9.64 Å². The van der Waals surface area contributed by atoms with Crippen molar-refractivity contribution in [2.75, 3.05) is 34.4 Å². The highest BCUT2D eigenvalue weighted by atomic mass is 35.5. The van der Waals surface area contributed by atoms with Crippen molar-refractivity contribution < 1.29 is 4.74 Å². The summed E-state index contributed by atoms with van der Waals surface area (Å²) in [5.74, 6) is 0. The number of benzene rings is 1. The van der Waals surface area contributed by atoms with Gasteiger partial charge in [0.2, 0.25) is 0 Å². The molecule has 0 unspecified atom stereocenters. The lowest BCUT2D eigenvalue weighted by atomic mass is 9.82. The third kappa shape index (κ3) is 23.2. The van der Waals surface area contributed by atoms with E-state index in [9.17, 15) is 0 Å². The zero-order chi connectivity index (χ0) is 22.6. The van der Waals surface area contributed by atoms with Crippen LogP contribution in [0.3, 0.4) is 0 Å². The van der Waals surface area contributed by atoms with E-state index >= 15 is 0 Å². The molecule has 1 aromatic rings. The normalized spacial score (nSPS) is 9.89. The maximum absolute atomic E-state index is 5.80. The van der Waals surface area contributed by atoms with Crippen LogP contribution in [0.2, 0.25) is 5.02 Å². The molecule has 166 valence electrons. The molecule has 1 rings (SSSR count). The zero-order valence-electron chi connectivity index (χ0n) is 20.7. The third-order valence-electron chi connectivity index (χ3n) is 4.33. The Bertz CT molecular complexity index is 458. The van der Waals surface area contributed by atoms with E-state index in [1.165, 1.54) is 30.5 Å². The summed E-state index contributed by atoms with van der Waals surface area (Å²) in [6.45, 7) is 19.1. The molecule has 0 bridgehead atoms. The first kappa shape index (κ1) is 31.9. The van der Waals surface area contributed by atoms with Crippen molar-refractivity contribution in [3.8, 4) is 0 Å². The second kappa shape index (κ2) is 20.9. The van der Waals surface area contributed by atoms with Crippen LogP contribution in [-0.4, -0.2) is 39.3 Å². The average Bonchev–Trinajstić information content (AvgIpc) is 2.67. The fraction of sp³-hybridized carbons (Fsp3) is 0.680. The van der Waals surface area contributed by atoms with Crippen LogP contribution < -0.4 is 0 Å². The first-order valence-electron chi connectivity index (χ1n) is 10.5. The molecule has 3 heteroatoms. The van der Waals surface area contributed by atoms with Gasteiger partial charge in [0.1, 0.15) is 0 Å². The lowest BCUT2D eigenvalue weighted by Gasteiger charge is -2.23. The van der Waals surface area contributed by atoms with Gasteiger partial charge >= 0.3 is 0 Å². The van der Waals surface area contributed by atoms with Gasteiger partial charge in [0.15, 0.2) is 0 Å². The predicted molar refractivity (Wildman–Crippen MR) is 131 cm³/mol. The highest BCUT2D eigenvalue weighted by Gasteiger charge is 2.16. The third-order valence-corrected chi connectivity index (χ3v) is 4.59. The summed E-state index contributed by atoms with van der Waals surface area (Å²) in [6, 6.07) is 8.11. The minimum absolute atomic E-state index is 0.268. The van der Waals surface area contributed by atoms with Crippen molar-refractivity contribution in [2.24, 2.45) is 0 Å². The van der Waals surface area contributed by atoms with Gasteiger partial charge in [-0.2, -0.15) is 0 Å². The summed E-state index contributed by atoms with van der Waals surface area (Å²) in [5, 5.41) is 0.811. The average molecular weight is 414 g/mol. The number of hydrogen-bond acceptors (Lipinski definition) is 2. The van der Waals surface area contributed by atoms with Crippen LogP contribution in [0.1, 0.15) is 80.2 Å². The summed E-state index contributed by atoms with van der Waals surface area (Å²) in [6.07, 6.45) is 5.86. The molecule has 0 N–H and O–H groups in total. The van der Waals surface area contributed by atoms with Crippen molar-refractivity contribution >= 4 is 11.6 Å². The van der Waals surface area contributed by atoms with Crippen LogP contribution >= 0.6 is 11.6 Å². The second-order valence-corrected chi connectivity index (χ2v) is 8.28. The summed E-state index contributed by atoms with van der Waals surface area (Å²) in [4.78, 5) is 2.21. The van der Waals surface area contributed by atoms with E-state index in [0.717, 1.165) is 18.1 Å². The monoisotopic (exact) mass is 413 g/mol. The lowest BCUT2D eigenvalue weighted by molar-refractivity contribution is 0.215. The van der Waals surface area contributed by atoms with Crippen molar-refractivity contribution in [1.82, 2.24) is 4.90 Å². The number of rotatable bonds is 6. The number of allylic oxidation sites excluding steroid dienone is 2. The molecule has 2 nitrogen and oxygen atoms in total. The Morgan fingerprint density at radius 3 is 1.71 bits per heavy atom. The molecule has 0 spiro atoms. The van der Waals surface area contributed by atoms with Crippen LogP contribution in [0.4, 0.5) is 0 Å².